The Kier molecular flexibility index (Phi) is 4.18. The number of halogens is 2. The lowest BCUT2D eigenvalue weighted by Gasteiger charge is -2.20. The van der Waals surface area contributed by atoms with Crippen molar-refractivity contribution in [3.63, 3.8) is 0 Å². The molecule has 2 heterocycles. The summed E-state index contributed by atoms with van der Waals surface area (Å²) in [5.41, 5.74) is 2.11. The Morgan fingerprint density at radius 3 is 2.33 bits per heavy atom. The number of rotatable bonds is 4. The first kappa shape index (κ1) is 17.3. The molecule has 2 aromatic rings. The van der Waals surface area contributed by atoms with Crippen LogP contribution in [0.4, 0.5) is 14.5 Å². The summed E-state index contributed by atoms with van der Waals surface area (Å²) in [5, 5.41) is 9.37. The van der Waals surface area contributed by atoms with Crippen LogP contribution in [0.25, 0.3) is 0 Å². The Morgan fingerprint density at radius 2 is 1.67 bits per heavy atom. The van der Waals surface area contributed by atoms with E-state index in [1.807, 2.05) is 24.3 Å². The van der Waals surface area contributed by atoms with Gasteiger partial charge in [-0.05, 0) is 29.7 Å². The Hall–Kier alpha value is -3.16. The van der Waals surface area contributed by atoms with Crippen molar-refractivity contribution in [2.45, 2.75) is 32.0 Å². The van der Waals surface area contributed by atoms with E-state index >= 15 is 0 Å². The van der Waals surface area contributed by atoms with E-state index in [9.17, 15) is 18.4 Å². The molecule has 0 bridgehead atoms. The first-order chi connectivity index (χ1) is 13.0. The summed E-state index contributed by atoms with van der Waals surface area (Å²) in [6, 6.07) is 8.93. The van der Waals surface area contributed by atoms with E-state index in [1.165, 1.54) is 16.6 Å². The molecule has 2 aromatic carbocycles. The van der Waals surface area contributed by atoms with E-state index in [1.54, 1.807) is 0 Å². The van der Waals surface area contributed by atoms with Gasteiger partial charge in [0.2, 0.25) is 0 Å². The van der Waals surface area contributed by atoms with Crippen LogP contribution in [0.15, 0.2) is 52.8 Å². The minimum absolute atomic E-state index is 0.0132. The van der Waals surface area contributed by atoms with Crippen molar-refractivity contribution in [2.24, 2.45) is 10.3 Å². The van der Waals surface area contributed by atoms with Gasteiger partial charge in [-0.25, -0.2) is 13.7 Å². The third-order valence-corrected chi connectivity index (χ3v) is 4.80. The summed E-state index contributed by atoms with van der Waals surface area (Å²) in [6.45, 7) is 2.38. The minimum atomic E-state index is -1.13. The van der Waals surface area contributed by atoms with Gasteiger partial charge < -0.3 is 0 Å². The summed E-state index contributed by atoms with van der Waals surface area (Å²) in [5.74, 6) is -3.32. The second-order valence-corrected chi connectivity index (χ2v) is 6.47. The van der Waals surface area contributed by atoms with E-state index in [4.69, 9.17) is 0 Å². The average molecular weight is 370 g/mol. The number of imide groups is 1. The molecule has 0 unspecified atom stereocenters. The third-order valence-electron chi connectivity index (χ3n) is 4.80. The van der Waals surface area contributed by atoms with Crippen LogP contribution in [0.1, 0.15) is 18.1 Å². The molecule has 2 atom stereocenters. The highest BCUT2D eigenvalue weighted by Gasteiger charge is 2.54. The van der Waals surface area contributed by atoms with Crippen LogP contribution < -0.4 is 4.90 Å². The van der Waals surface area contributed by atoms with Crippen molar-refractivity contribution in [1.82, 2.24) is 5.01 Å². The SMILES string of the molecule is CCc1ccc(CN2N=N[C@H]3C(=O)N(c4ccc(F)c(F)c4)C(=O)[C@@H]32)cc1. The van der Waals surface area contributed by atoms with Crippen LogP contribution in [0.3, 0.4) is 0 Å². The van der Waals surface area contributed by atoms with Gasteiger partial charge in [0.05, 0.1) is 12.2 Å². The van der Waals surface area contributed by atoms with Crippen molar-refractivity contribution in [3.8, 4) is 0 Å². The molecule has 0 spiro atoms. The highest BCUT2D eigenvalue weighted by Crippen LogP contribution is 2.33. The summed E-state index contributed by atoms with van der Waals surface area (Å²) in [7, 11) is 0. The van der Waals surface area contributed by atoms with Gasteiger partial charge in [-0.1, -0.05) is 36.4 Å². The third kappa shape index (κ3) is 2.87. The van der Waals surface area contributed by atoms with Crippen LogP contribution >= 0.6 is 0 Å². The summed E-state index contributed by atoms with van der Waals surface area (Å²) >= 11 is 0. The Morgan fingerprint density at radius 1 is 0.963 bits per heavy atom. The highest BCUT2D eigenvalue weighted by atomic mass is 19.2. The zero-order chi connectivity index (χ0) is 19.1. The van der Waals surface area contributed by atoms with Gasteiger partial charge in [-0.2, -0.15) is 5.11 Å². The molecule has 0 radical (unpaired) electrons. The summed E-state index contributed by atoms with van der Waals surface area (Å²) in [6.07, 6.45) is 0.921. The minimum Gasteiger partial charge on any atom is -0.271 e. The van der Waals surface area contributed by atoms with Gasteiger partial charge >= 0.3 is 0 Å². The number of hydrogen-bond donors (Lipinski definition) is 0. The lowest BCUT2D eigenvalue weighted by Crippen LogP contribution is -2.39. The number of fused-ring (bicyclic) bond motifs is 1. The first-order valence-electron chi connectivity index (χ1n) is 8.57. The van der Waals surface area contributed by atoms with Crippen LogP contribution in [0.2, 0.25) is 0 Å². The second-order valence-electron chi connectivity index (χ2n) is 6.47. The number of hydrogen-bond acceptors (Lipinski definition) is 5. The van der Waals surface area contributed by atoms with Gasteiger partial charge in [0, 0.05) is 6.07 Å². The Labute approximate surface area is 154 Å². The molecule has 2 aliphatic heterocycles. The molecule has 27 heavy (non-hydrogen) atoms. The fraction of sp³-hybridized carbons (Fsp3) is 0.263. The zero-order valence-corrected chi connectivity index (χ0v) is 14.5. The molecule has 0 saturated carbocycles. The molecule has 2 aliphatic rings. The van der Waals surface area contributed by atoms with Crippen LogP contribution in [-0.4, -0.2) is 28.9 Å². The highest BCUT2D eigenvalue weighted by molar-refractivity contribution is 6.25. The fourth-order valence-corrected chi connectivity index (χ4v) is 3.30. The number of nitrogens with zero attached hydrogens (tertiary/aromatic N) is 4. The Bertz CT molecular complexity index is 945. The number of carbonyl (C=O) groups is 2. The molecular formula is C19H16F2N4O2. The molecule has 0 aromatic heterocycles. The van der Waals surface area contributed by atoms with Crippen molar-refractivity contribution in [3.05, 3.63) is 65.2 Å². The lowest BCUT2D eigenvalue weighted by atomic mass is 10.1. The molecule has 0 aliphatic carbocycles. The van der Waals surface area contributed by atoms with Gasteiger partial charge in [-0.3, -0.25) is 14.6 Å². The summed E-state index contributed by atoms with van der Waals surface area (Å²) < 4.78 is 26.7. The standard InChI is InChI=1S/C19H16F2N4O2/c1-2-11-3-5-12(6-4-11)10-24-17-16(22-23-24)18(26)25(19(17)27)13-7-8-14(20)15(21)9-13/h3-9,16-17H,2,10H2,1H3/t16-,17-/m1/s1. The zero-order valence-electron chi connectivity index (χ0n) is 14.5. The predicted octanol–water partition coefficient (Wildman–Crippen LogP) is 3.02. The van der Waals surface area contributed by atoms with Gasteiger partial charge in [0.15, 0.2) is 23.7 Å². The first-order valence-corrected chi connectivity index (χ1v) is 8.57. The normalized spacial score (nSPS) is 21.3. The monoisotopic (exact) mass is 370 g/mol. The molecule has 138 valence electrons. The summed E-state index contributed by atoms with van der Waals surface area (Å²) in [4.78, 5) is 26.3. The smallest absolute Gasteiger partial charge is 0.263 e. The van der Waals surface area contributed by atoms with Crippen molar-refractivity contribution in [2.75, 3.05) is 4.90 Å². The molecule has 1 saturated heterocycles. The predicted molar refractivity (Wildman–Crippen MR) is 92.6 cm³/mol. The van der Waals surface area contributed by atoms with E-state index < -0.39 is 35.5 Å². The topological polar surface area (TPSA) is 65.3 Å². The maximum absolute atomic E-state index is 13.5. The number of amides is 2. The van der Waals surface area contributed by atoms with E-state index in [0.717, 1.165) is 29.0 Å². The van der Waals surface area contributed by atoms with Crippen LogP contribution in [0.5, 0.6) is 0 Å². The van der Waals surface area contributed by atoms with E-state index in [2.05, 4.69) is 17.3 Å². The Balaban J connectivity index is 1.58. The molecule has 8 heteroatoms. The second kappa shape index (κ2) is 6.53. The molecule has 4 rings (SSSR count). The molecule has 0 N–H and O–H groups in total. The quantitative estimate of drug-likeness (QED) is 0.777. The van der Waals surface area contributed by atoms with E-state index in [-0.39, 0.29) is 5.69 Å². The van der Waals surface area contributed by atoms with Gasteiger partial charge in [-0.15, -0.1) is 0 Å². The van der Waals surface area contributed by atoms with Crippen LogP contribution in [-0.2, 0) is 22.6 Å². The van der Waals surface area contributed by atoms with Crippen molar-refractivity contribution in [1.29, 1.82) is 0 Å². The number of aryl methyl sites for hydroxylation is 1. The largest absolute Gasteiger partial charge is 0.271 e. The molecule has 2 amide bonds. The van der Waals surface area contributed by atoms with Crippen molar-refractivity contribution < 1.29 is 18.4 Å². The maximum Gasteiger partial charge on any atom is 0.263 e. The molecule has 6 nitrogen and oxygen atoms in total. The average Bonchev–Trinajstić information content (AvgIpc) is 3.18. The lowest BCUT2D eigenvalue weighted by molar-refractivity contribution is -0.123. The van der Waals surface area contributed by atoms with Crippen LogP contribution in [0, 0.1) is 11.6 Å². The number of anilines is 1. The fourth-order valence-electron chi connectivity index (χ4n) is 3.30. The van der Waals surface area contributed by atoms with Gasteiger partial charge in [0.25, 0.3) is 11.8 Å². The maximum atomic E-state index is 13.5. The molecular weight excluding hydrogens is 354 g/mol. The number of benzene rings is 2. The van der Waals surface area contributed by atoms with E-state index in [0.29, 0.717) is 6.54 Å². The van der Waals surface area contributed by atoms with Crippen molar-refractivity contribution >= 4 is 17.5 Å². The molecule has 1 fully saturated rings. The number of carbonyl (C=O) groups excluding carboxylic acids is 2. The van der Waals surface area contributed by atoms with Gasteiger partial charge in [0.1, 0.15) is 0 Å².